The van der Waals surface area contributed by atoms with Crippen molar-refractivity contribution < 1.29 is 4.79 Å². The molecule has 1 fully saturated rings. The first-order valence-corrected chi connectivity index (χ1v) is 7.97. The van der Waals surface area contributed by atoms with Gasteiger partial charge >= 0.3 is 0 Å². The Balaban J connectivity index is 1.82. The molecule has 0 aromatic heterocycles. The number of anilines is 1. The first-order chi connectivity index (χ1) is 10.8. The maximum atomic E-state index is 12.6. The van der Waals surface area contributed by atoms with Gasteiger partial charge in [-0.2, -0.15) is 0 Å². The minimum absolute atomic E-state index is 0.0515. The third-order valence-electron chi connectivity index (χ3n) is 3.97. The summed E-state index contributed by atoms with van der Waals surface area (Å²) in [5.74, 6) is 0.0515. The number of benzene rings is 2. The van der Waals surface area contributed by atoms with E-state index in [0.29, 0.717) is 6.04 Å². The predicted molar refractivity (Wildman–Crippen MR) is 89.8 cm³/mol. The van der Waals surface area contributed by atoms with Crippen LogP contribution in [-0.2, 0) is 11.2 Å². The molecule has 0 spiro atoms. The van der Waals surface area contributed by atoms with Gasteiger partial charge < -0.3 is 10.6 Å². The zero-order valence-corrected chi connectivity index (χ0v) is 12.9. The molecular weight excluding hydrogens is 272 g/mol. The van der Waals surface area contributed by atoms with Crippen LogP contribution in [0.4, 0.5) is 5.69 Å². The second-order valence-electron chi connectivity index (χ2n) is 5.82. The predicted octanol–water partition coefficient (Wildman–Crippen LogP) is 3.68. The van der Waals surface area contributed by atoms with Crippen LogP contribution in [0.3, 0.4) is 0 Å². The molecule has 0 heterocycles. The summed E-state index contributed by atoms with van der Waals surface area (Å²) in [6.45, 7) is 2.13. The van der Waals surface area contributed by atoms with Gasteiger partial charge in [-0.1, -0.05) is 49.4 Å². The minimum Gasteiger partial charge on any atom is -0.370 e. The number of nitrogens with one attached hydrogen (secondary N) is 2. The van der Waals surface area contributed by atoms with Crippen LogP contribution < -0.4 is 10.6 Å². The summed E-state index contributed by atoms with van der Waals surface area (Å²) in [7, 11) is 0. The van der Waals surface area contributed by atoms with Gasteiger partial charge in [-0.05, 0) is 42.5 Å². The number of rotatable bonds is 6. The number of aryl methyl sites for hydroxylation is 1. The Morgan fingerprint density at radius 3 is 2.59 bits per heavy atom. The Kier molecular flexibility index (Phi) is 4.42. The van der Waals surface area contributed by atoms with Crippen LogP contribution in [0.1, 0.15) is 36.9 Å². The van der Waals surface area contributed by atoms with Crippen molar-refractivity contribution in [2.45, 2.75) is 38.3 Å². The number of carbonyl (C=O) groups excluding carboxylic acids is 1. The highest BCUT2D eigenvalue weighted by Gasteiger charge is 2.28. The molecule has 1 amide bonds. The largest absolute Gasteiger partial charge is 0.370 e. The molecule has 1 aliphatic carbocycles. The summed E-state index contributed by atoms with van der Waals surface area (Å²) in [4.78, 5) is 12.6. The highest BCUT2D eigenvalue weighted by Crippen LogP contribution is 2.24. The first-order valence-electron chi connectivity index (χ1n) is 7.97. The van der Waals surface area contributed by atoms with Crippen LogP contribution in [0.5, 0.6) is 0 Å². The molecule has 1 unspecified atom stereocenters. The van der Waals surface area contributed by atoms with Gasteiger partial charge in [0, 0.05) is 11.7 Å². The second kappa shape index (κ2) is 6.65. The summed E-state index contributed by atoms with van der Waals surface area (Å²) >= 11 is 0. The van der Waals surface area contributed by atoms with E-state index in [9.17, 15) is 4.79 Å². The molecule has 2 aromatic carbocycles. The number of amides is 1. The Morgan fingerprint density at radius 2 is 1.91 bits per heavy atom. The van der Waals surface area contributed by atoms with Crippen molar-refractivity contribution in [3.8, 4) is 0 Å². The van der Waals surface area contributed by atoms with E-state index >= 15 is 0 Å². The lowest BCUT2D eigenvalue weighted by atomic mass is 10.0. The highest BCUT2D eigenvalue weighted by molar-refractivity contribution is 5.86. The molecule has 3 rings (SSSR count). The van der Waals surface area contributed by atoms with Crippen LogP contribution >= 0.6 is 0 Å². The summed E-state index contributed by atoms with van der Waals surface area (Å²) in [6, 6.07) is 18.2. The molecule has 114 valence electrons. The summed E-state index contributed by atoms with van der Waals surface area (Å²) in [5.41, 5.74) is 3.24. The standard InChI is InChI=1S/C19H22N2O/c1-2-14-7-6-10-17(13-14)20-18(15-8-4-3-5-9-15)19(22)21-16-11-12-16/h3-10,13,16,18,20H,2,11-12H2,1H3,(H,21,22). The SMILES string of the molecule is CCc1cccc(NC(C(=O)NC2CC2)c2ccccc2)c1. The zero-order chi connectivity index (χ0) is 15.4. The van der Waals surface area contributed by atoms with Gasteiger partial charge in [0.15, 0.2) is 0 Å². The molecule has 0 saturated heterocycles. The fraction of sp³-hybridized carbons (Fsp3) is 0.316. The normalized spacial score (nSPS) is 15.1. The topological polar surface area (TPSA) is 41.1 Å². The lowest BCUT2D eigenvalue weighted by Crippen LogP contribution is -2.34. The third kappa shape index (κ3) is 3.67. The smallest absolute Gasteiger partial charge is 0.247 e. The van der Waals surface area contributed by atoms with Crippen molar-refractivity contribution in [2.75, 3.05) is 5.32 Å². The van der Waals surface area contributed by atoms with Crippen molar-refractivity contribution in [1.82, 2.24) is 5.32 Å². The quantitative estimate of drug-likeness (QED) is 0.853. The van der Waals surface area contributed by atoms with E-state index in [4.69, 9.17) is 0 Å². The molecule has 1 aliphatic rings. The van der Waals surface area contributed by atoms with Crippen molar-refractivity contribution in [1.29, 1.82) is 0 Å². The number of hydrogen-bond acceptors (Lipinski definition) is 2. The van der Waals surface area contributed by atoms with Gasteiger partial charge in [-0.3, -0.25) is 4.79 Å². The molecule has 0 radical (unpaired) electrons. The molecule has 0 bridgehead atoms. The highest BCUT2D eigenvalue weighted by atomic mass is 16.2. The lowest BCUT2D eigenvalue weighted by molar-refractivity contribution is -0.122. The van der Waals surface area contributed by atoms with Crippen molar-refractivity contribution >= 4 is 11.6 Å². The van der Waals surface area contributed by atoms with Gasteiger partial charge in [-0.15, -0.1) is 0 Å². The van der Waals surface area contributed by atoms with E-state index in [1.165, 1.54) is 5.56 Å². The van der Waals surface area contributed by atoms with E-state index in [-0.39, 0.29) is 11.9 Å². The molecular formula is C19H22N2O. The molecule has 3 nitrogen and oxygen atoms in total. The molecule has 1 atom stereocenters. The van der Waals surface area contributed by atoms with Gasteiger partial charge in [0.1, 0.15) is 6.04 Å². The zero-order valence-electron chi connectivity index (χ0n) is 12.9. The number of carbonyl (C=O) groups is 1. The molecule has 2 N–H and O–H groups in total. The van der Waals surface area contributed by atoms with Crippen LogP contribution in [0, 0.1) is 0 Å². The Morgan fingerprint density at radius 1 is 1.14 bits per heavy atom. The van der Waals surface area contributed by atoms with Crippen molar-refractivity contribution in [3.63, 3.8) is 0 Å². The van der Waals surface area contributed by atoms with E-state index in [1.807, 2.05) is 42.5 Å². The lowest BCUT2D eigenvalue weighted by Gasteiger charge is -2.20. The molecule has 22 heavy (non-hydrogen) atoms. The van der Waals surface area contributed by atoms with Crippen molar-refractivity contribution in [3.05, 3.63) is 65.7 Å². The minimum atomic E-state index is -0.353. The summed E-state index contributed by atoms with van der Waals surface area (Å²) in [5, 5.41) is 6.49. The van der Waals surface area contributed by atoms with Crippen molar-refractivity contribution in [2.24, 2.45) is 0 Å². The van der Waals surface area contributed by atoms with Crippen LogP contribution in [-0.4, -0.2) is 11.9 Å². The average molecular weight is 294 g/mol. The Bertz CT molecular complexity index is 635. The van der Waals surface area contributed by atoms with E-state index in [1.54, 1.807) is 0 Å². The van der Waals surface area contributed by atoms with Crippen LogP contribution in [0.2, 0.25) is 0 Å². The van der Waals surface area contributed by atoms with Gasteiger partial charge in [-0.25, -0.2) is 0 Å². The molecule has 3 heteroatoms. The van der Waals surface area contributed by atoms with Gasteiger partial charge in [0.05, 0.1) is 0 Å². The monoisotopic (exact) mass is 294 g/mol. The summed E-state index contributed by atoms with van der Waals surface area (Å²) < 4.78 is 0. The first kappa shape index (κ1) is 14.6. The molecule has 1 saturated carbocycles. The average Bonchev–Trinajstić information content (AvgIpc) is 3.37. The molecule has 2 aromatic rings. The second-order valence-corrected chi connectivity index (χ2v) is 5.82. The van der Waals surface area contributed by atoms with E-state index in [2.05, 4.69) is 29.7 Å². The molecule has 0 aliphatic heterocycles. The Hall–Kier alpha value is -2.29. The maximum absolute atomic E-state index is 12.6. The maximum Gasteiger partial charge on any atom is 0.247 e. The fourth-order valence-corrected chi connectivity index (χ4v) is 2.51. The van der Waals surface area contributed by atoms with E-state index < -0.39 is 0 Å². The summed E-state index contributed by atoms with van der Waals surface area (Å²) in [6.07, 6.45) is 3.18. The number of hydrogen-bond donors (Lipinski definition) is 2. The fourth-order valence-electron chi connectivity index (χ4n) is 2.51. The third-order valence-corrected chi connectivity index (χ3v) is 3.97. The van der Waals surface area contributed by atoms with Gasteiger partial charge in [0.25, 0.3) is 0 Å². The Labute approximate surface area is 131 Å². The van der Waals surface area contributed by atoms with Gasteiger partial charge in [0.2, 0.25) is 5.91 Å². The van der Waals surface area contributed by atoms with Crippen LogP contribution in [0.25, 0.3) is 0 Å². The van der Waals surface area contributed by atoms with E-state index in [0.717, 1.165) is 30.5 Å². The van der Waals surface area contributed by atoms with Crippen LogP contribution in [0.15, 0.2) is 54.6 Å².